The fraction of sp³-hybridized carbons (Fsp3) is 0.250. The Morgan fingerprint density at radius 2 is 2.00 bits per heavy atom. The number of nitrogens with two attached hydrogens (primary N) is 1. The van der Waals surface area contributed by atoms with E-state index in [4.69, 9.17) is 5.73 Å². The van der Waals surface area contributed by atoms with Gasteiger partial charge in [0.05, 0.1) is 10.0 Å². The van der Waals surface area contributed by atoms with Crippen molar-refractivity contribution in [1.82, 2.24) is 0 Å². The first-order valence-corrected chi connectivity index (χ1v) is 4.36. The van der Waals surface area contributed by atoms with Gasteiger partial charge in [0.25, 0.3) is 0 Å². The van der Waals surface area contributed by atoms with Gasteiger partial charge in [-0.05, 0) is 28.9 Å². The second-order valence-corrected chi connectivity index (χ2v) is 3.56. The first-order valence-electron chi connectivity index (χ1n) is 3.57. The Bertz CT molecular complexity index is 320. The molecule has 0 radical (unpaired) electrons. The summed E-state index contributed by atoms with van der Waals surface area (Å²) >= 11 is 2.89. The topological polar surface area (TPSA) is 46.2 Å². The molecule has 0 unspecified atom stereocenters. The number of halogens is 4. The van der Waals surface area contributed by atoms with Crippen LogP contribution in [0.25, 0.3) is 0 Å². The molecule has 1 aromatic rings. The summed E-state index contributed by atoms with van der Waals surface area (Å²) in [6.07, 6.45) is 0. The van der Waals surface area contributed by atoms with E-state index >= 15 is 0 Å². The van der Waals surface area contributed by atoms with E-state index in [1.165, 1.54) is 6.92 Å². The van der Waals surface area contributed by atoms with Gasteiger partial charge in [-0.15, -0.1) is 12.4 Å². The van der Waals surface area contributed by atoms with Gasteiger partial charge in [0.1, 0.15) is 5.75 Å². The van der Waals surface area contributed by atoms with E-state index in [0.717, 1.165) is 6.07 Å². The van der Waals surface area contributed by atoms with E-state index in [1.807, 2.05) is 0 Å². The molecule has 80 valence electrons. The van der Waals surface area contributed by atoms with Crippen molar-refractivity contribution in [3.05, 3.63) is 27.7 Å². The maximum Gasteiger partial charge on any atom is 0.167 e. The Hall–Kier alpha value is -0.390. The number of benzene rings is 1. The molecule has 0 saturated heterocycles. The number of phenolic OH excluding ortho intramolecular Hbond substituents is 1. The fourth-order valence-corrected chi connectivity index (χ4v) is 1.43. The van der Waals surface area contributed by atoms with Crippen molar-refractivity contribution in [2.45, 2.75) is 13.0 Å². The van der Waals surface area contributed by atoms with E-state index in [9.17, 15) is 13.9 Å². The van der Waals surface area contributed by atoms with Crippen LogP contribution in [0.2, 0.25) is 0 Å². The van der Waals surface area contributed by atoms with Gasteiger partial charge in [0.2, 0.25) is 0 Å². The Labute approximate surface area is 94.6 Å². The Kier molecular flexibility index (Phi) is 4.77. The lowest BCUT2D eigenvalue weighted by Gasteiger charge is -2.11. The summed E-state index contributed by atoms with van der Waals surface area (Å²) in [5.74, 6) is -2.48. The zero-order valence-electron chi connectivity index (χ0n) is 7.22. The van der Waals surface area contributed by atoms with Gasteiger partial charge in [-0.2, -0.15) is 0 Å². The number of phenols is 1. The van der Waals surface area contributed by atoms with Crippen molar-refractivity contribution < 1.29 is 13.9 Å². The molecule has 1 rings (SSSR count). The van der Waals surface area contributed by atoms with Gasteiger partial charge in [0.15, 0.2) is 11.6 Å². The quantitative estimate of drug-likeness (QED) is 0.781. The number of hydrogen-bond donors (Lipinski definition) is 2. The van der Waals surface area contributed by atoms with Crippen LogP contribution in [0.5, 0.6) is 5.75 Å². The lowest BCUT2D eigenvalue weighted by molar-refractivity contribution is 0.431. The first-order chi connectivity index (χ1) is 5.95. The van der Waals surface area contributed by atoms with Crippen molar-refractivity contribution >= 4 is 28.3 Å². The largest absolute Gasteiger partial charge is 0.506 e. The van der Waals surface area contributed by atoms with Gasteiger partial charge >= 0.3 is 0 Å². The molecule has 0 aliphatic heterocycles. The van der Waals surface area contributed by atoms with Crippen LogP contribution < -0.4 is 5.73 Å². The second-order valence-electron chi connectivity index (χ2n) is 2.71. The maximum absolute atomic E-state index is 13.1. The summed E-state index contributed by atoms with van der Waals surface area (Å²) in [5, 5.41) is 9.34. The molecule has 1 atom stereocenters. The average Bonchev–Trinajstić information content (AvgIpc) is 2.01. The summed E-state index contributed by atoms with van der Waals surface area (Å²) < 4.78 is 26.0. The van der Waals surface area contributed by atoms with Crippen molar-refractivity contribution in [2.24, 2.45) is 5.73 Å². The molecule has 0 saturated carbocycles. The van der Waals surface area contributed by atoms with Gasteiger partial charge in [-0.1, -0.05) is 0 Å². The van der Waals surface area contributed by atoms with Crippen LogP contribution in [0.3, 0.4) is 0 Å². The van der Waals surface area contributed by atoms with E-state index in [1.54, 1.807) is 0 Å². The third kappa shape index (κ3) is 2.34. The molecule has 0 spiro atoms. The van der Waals surface area contributed by atoms with Crippen LogP contribution in [-0.2, 0) is 0 Å². The van der Waals surface area contributed by atoms with Crippen molar-refractivity contribution in [3.8, 4) is 5.75 Å². The number of aromatic hydroxyl groups is 1. The number of hydrogen-bond acceptors (Lipinski definition) is 2. The first kappa shape index (κ1) is 13.6. The van der Waals surface area contributed by atoms with Crippen LogP contribution in [0.4, 0.5) is 8.78 Å². The molecular weight excluding hydrogens is 279 g/mol. The smallest absolute Gasteiger partial charge is 0.167 e. The molecule has 2 nitrogen and oxygen atoms in total. The second kappa shape index (κ2) is 4.91. The van der Waals surface area contributed by atoms with Crippen molar-refractivity contribution in [1.29, 1.82) is 0 Å². The maximum atomic E-state index is 13.1. The number of rotatable bonds is 1. The third-order valence-electron chi connectivity index (χ3n) is 1.64. The van der Waals surface area contributed by atoms with Crippen LogP contribution in [0.15, 0.2) is 10.5 Å². The zero-order valence-corrected chi connectivity index (χ0v) is 9.62. The molecule has 0 bridgehead atoms. The minimum Gasteiger partial charge on any atom is -0.506 e. The molecule has 0 amide bonds. The molecule has 0 fully saturated rings. The molecular formula is C8H9BrClF2NO. The summed E-state index contributed by atoms with van der Waals surface area (Å²) in [7, 11) is 0. The SMILES string of the molecule is C[C@@H](N)c1c(O)c(Br)cc(F)c1F.Cl. The van der Waals surface area contributed by atoms with Crippen molar-refractivity contribution in [2.75, 3.05) is 0 Å². The summed E-state index contributed by atoms with van der Waals surface area (Å²) in [6, 6.07) is 0.100. The lowest BCUT2D eigenvalue weighted by Crippen LogP contribution is -2.09. The molecule has 14 heavy (non-hydrogen) atoms. The Morgan fingerprint density at radius 3 is 2.43 bits per heavy atom. The highest BCUT2D eigenvalue weighted by Crippen LogP contribution is 2.34. The van der Waals surface area contributed by atoms with Crippen molar-refractivity contribution in [3.63, 3.8) is 0 Å². The summed E-state index contributed by atoms with van der Waals surface area (Å²) in [6.45, 7) is 1.46. The van der Waals surface area contributed by atoms with E-state index in [0.29, 0.717) is 0 Å². The molecule has 3 N–H and O–H groups in total. The predicted molar refractivity (Wildman–Crippen MR) is 55.6 cm³/mol. The standard InChI is InChI=1S/C8H8BrF2NO.ClH/c1-3(12)6-7(11)5(10)2-4(9)8(6)13;/h2-3,13H,12H2,1H3;1H/t3-;/m1./s1. The van der Waals surface area contributed by atoms with E-state index < -0.39 is 17.7 Å². The van der Waals surface area contributed by atoms with Gasteiger partial charge < -0.3 is 10.8 Å². The van der Waals surface area contributed by atoms with Crippen LogP contribution in [-0.4, -0.2) is 5.11 Å². The minimum atomic E-state index is -1.10. The fourth-order valence-electron chi connectivity index (χ4n) is 1.02. The Morgan fingerprint density at radius 1 is 1.50 bits per heavy atom. The zero-order chi connectivity index (χ0) is 10.2. The monoisotopic (exact) mass is 287 g/mol. The summed E-state index contributed by atoms with van der Waals surface area (Å²) in [5.41, 5.74) is 5.15. The van der Waals surface area contributed by atoms with Crippen LogP contribution in [0, 0.1) is 11.6 Å². The molecule has 0 aliphatic carbocycles. The molecule has 6 heteroatoms. The lowest BCUT2D eigenvalue weighted by atomic mass is 10.1. The molecule has 0 aliphatic rings. The van der Waals surface area contributed by atoms with Gasteiger partial charge in [-0.25, -0.2) is 8.78 Å². The van der Waals surface area contributed by atoms with Crippen LogP contribution >= 0.6 is 28.3 Å². The van der Waals surface area contributed by atoms with E-state index in [2.05, 4.69) is 15.9 Å². The predicted octanol–water partition coefficient (Wildman–Crippen LogP) is 2.87. The minimum absolute atomic E-state index is 0. The molecule has 1 aromatic carbocycles. The highest BCUT2D eigenvalue weighted by atomic mass is 79.9. The molecule has 0 heterocycles. The highest BCUT2D eigenvalue weighted by Gasteiger charge is 2.19. The molecule has 0 aromatic heterocycles. The highest BCUT2D eigenvalue weighted by molar-refractivity contribution is 9.10. The average molecular weight is 289 g/mol. The van der Waals surface area contributed by atoms with Crippen LogP contribution in [0.1, 0.15) is 18.5 Å². The summed E-state index contributed by atoms with van der Waals surface area (Å²) in [4.78, 5) is 0. The normalized spacial score (nSPS) is 12.1. The van der Waals surface area contributed by atoms with Gasteiger partial charge in [-0.3, -0.25) is 0 Å². The Balaban J connectivity index is 0.00000169. The van der Waals surface area contributed by atoms with E-state index in [-0.39, 0.29) is 28.2 Å². The van der Waals surface area contributed by atoms with Gasteiger partial charge in [0, 0.05) is 6.04 Å². The third-order valence-corrected chi connectivity index (χ3v) is 2.24.